The molecule has 0 aliphatic carbocycles. The van der Waals surface area contributed by atoms with Crippen LogP contribution in [0.3, 0.4) is 0 Å². The molecule has 0 unspecified atom stereocenters. The first-order valence-corrected chi connectivity index (χ1v) is 7.71. The Kier molecular flexibility index (Phi) is 10.8. The first-order valence-electron chi connectivity index (χ1n) is 7.71. The molecule has 0 saturated heterocycles. The van der Waals surface area contributed by atoms with Crippen molar-refractivity contribution in [1.29, 1.82) is 0 Å². The molecule has 0 fully saturated rings. The SMILES string of the molecule is N[C@@H](Cc1ccc(O)cc1)C(=O)O.N[C@@H](Cc1ccc(O)cc1)C(=O)O.[Fe]. The second kappa shape index (κ2) is 11.9. The Hall–Kier alpha value is -2.58. The zero-order valence-electron chi connectivity index (χ0n) is 14.3. The molecule has 0 bridgehead atoms. The topological polar surface area (TPSA) is 167 Å². The van der Waals surface area contributed by atoms with E-state index in [1.165, 1.54) is 24.3 Å². The van der Waals surface area contributed by atoms with Gasteiger partial charge in [-0.3, -0.25) is 9.59 Å². The molecule has 9 heteroatoms. The average molecular weight is 418 g/mol. The van der Waals surface area contributed by atoms with Crippen molar-refractivity contribution in [2.45, 2.75) is 24.9 Å². The van der Waals surface area contributed by atoms with E-state index in [0.717, 1.165) is 11.1 Å². The molecule has 2 aromatic rings. The van der Waals surface area contributed by atoms with E-state index in [4.69, 9.17) is 31.9 Å². The zero-order chi connectivity index (χ0) is 19.7. The number of phenols is 2. The summed E-state index contributed by atoms with van der Waals surface area (Å²) in [7, 11) is 0. The summed E-state index contributed by atoms with van der Waals surface area (Å²) >= 11 is 0. The quantitative estimate of drug-likeness (QED) is 0.373. The zero-order valence-corrected chi connectivity index (χ0v) is 15.4. The van der Waals surface area contributed by atoms with Gasteiger partial charge < -0.3 is 31.9 Å². The number of hydrogen-bond acceptors (Lipinski definition) is 6. The van der Waals surface area contributed by atoms with Crippen LogP contribution in [-0.2, 0) is 39.5 Å². The van der Waals surface area contributed by atoms with E-state index in [2.05, 4.69) is 0 Å². The third kappa shape index (κ3) is 9.62. The molecule has 8 nitrogen and oxygen atoms in total. The maximum Gasteiger partial charge on any atom is 0.320 e. The van der Waals surface area contributed by atoms with Crippen LogP contribution >= 0.6 is 0 Å². The van der Waals surface area contributed by atoms with Crippen LogP contribution in [0.25, 0.3) is 0 Å². The van der Waals surface area contributed by atoms with Crippen molar-refractivity contribution in [3.8, 4) is 11.5 Å². The summed E-state index contributed by atoms with van der Waals surface area (Å²) in [5.74, 6) is -1.72. The van der Waals surface area contributed by atoms with Crippen LogP contribution in [0.1, 0.15) is 11.1 Å². The Morgan fingerprint density at radius 1 is 0.704 bits per heavy atom. The van der Waals surface area contributed by atoms with Crippen molar-refractivity contribution in [3.05, 3.63) is 59.7 Å². The van der Waals surface area contributed by atoms with E-state index in [1.54, 1.807) is 24.3 Å². The van der Waals surface area contributed by atoms with Gasteiger partial charge in [-0.15, -0.1) is 0 Å². The third-order valence-corrected chi connectivity index (χ3v) is 3.42. The Labute approximate surface area is 166 Å². The molecule has 0 saturated carbocycles. The van der Waals surface area contributed by atoms with Crippen molar-refractivity contribution in [1.82, 2.24) is 0 Å². The molecule has 0 spiro atoms. The number of carbonyl (C=O) groups is 2. The predicted molar refractivity (Wildman–Crippen MR) is 94.8 cm³/mol. The van der Waals surface area contributed by atoms with Gasteiger partial charge in [0.15, 0.2) is 0 Å². The van der Waals surface area contributed by atoms with Crippen LogP contribution in [0, 0.1) is 0 Å². The van der Waals surface area contributed by atoms with Crippen LogP contribution in [-0.4, -0.2) is 44.4 Å². The minimum atomic E-state index is -1.02. The van der Waals surface area contributed by atoms with Gasteiger partial charge in [-0.2, -0.15) is 0 Å². The first kappa shape index (κ1) is 24.4. The fourth-order valence-corrected chi connectivity index (χ4v) is 1.95. The van der Waals surface area contributed by atoms with E-state index >= 15 is 0 Å². The van der Waals surface area contributed by atoms with Crippen molar-refractivity contribution in [2.75, 3.05) is 0 Å². The molecule has 0 aliphatic rings. The maximum absolute atomic E-state index is 10.4. The van der Waals surface area contributed by atoms with Crippen LogP contribution in [0.4, 0.5) is 0 Å². The summed E-state index contributed by atoms with van der Waals surface area (Å²) in [6, 6.07) is 10.8. The number of phenolic OH excluding ortho intramolecular Hbond substituents is 2. The number of carboxylic acid groups (broad SMARTS) is 2. The van der Waals surface area contributed by atoms with Crippen molar-refractivity contribution < 1.29 is 47.1 Å². The number of aliphatic carboxylic acids is 2. The van der Waals surface area contributed by atoms with E-state index in [1.807, 2.05) is 0 Å². The van der Waals surface area contributed by atoms with Gasteiger partial charge in [0.25, 0.3) is 0 Å². The van der Waals surface area contributed by atoms with Gasteiger partial charge in [-0.25, -0.2) is 0 Å². The standard InChI is InChI=1S/2C9H11NO3.Fe/c2*10-8(9(12)13)5-6-1-3-7(11)4-2-6;/h2*1-4,8,11H,5,10H2,(H,12,13);/t2*8-;/m00./s1. The van der Waals surface area contributed by atoms with E-state index in [0.29, 0.717) is 0 Å². The minimum absolute atomic E-state index is 0. The second-order valence-corrected chi connectivity index (χ2v) is 5.63. The maximum atomic E-state index is 10.4. The molecule has 2 rings (SSSR count). The summed E-state index contributed by atoms with van der Waals surface area (Å²) in [5.41, 5.74) is 12.2. The van der Waals surface area contributed by atoms with Crippen LogP contribution in [0.5, 0.6) is 11.5 Å². The molecular weight excluding hydrogens is 396 g/mol. The van der Waals surface area contributed by atoms with Crippen LogP contribution in [0.2, 0.25) is 0 Å². The van der Waals surface area contributed by atoms with E-state index in [9.17, 15) is 9.59 Å². The molecule has 0 amide bonds. The summed E-state index contributed by atoms with van der Waals surface area (Å²) in [4.78, 5) is 20.8. The minimum Gasteiger partial charge on any atom is -0.508 e. The molecule has 0 aliphatic heterocycles. The summed E-state index contributed by atoms with van der Waals surface area (Å²) in [6.07, 6.45) is 0.547. The van der Waals surface area contributed by atoms with Crippen molar-refractivity contribution >= 4 is 11.9 Å². The summed E-state index contributed by atoms with van der Waals surface area (Å²) in [5, 5.41) is 35.0. The fourth-order valence-electron chi connectivity index (χ4n) is 1.95. The van der Waals surface area contributed by atoms with Gasteiger partial charge in [-0.1, -0.05) is 24.3 Å². The molecule has 8 N–H and O–H groups in total. The number of benzene rings is 2. The Morgan fingerprint density at radius 3 is 1.19 bits per heavy atom. The second-order valence-electron chi connectivity index (χ2n) is 5.63. The number of carboxylic acids is 2. The molecule has 2 atom stereocenters. The monoisotopic (exact) mass is 418 g/mol. The van der Waals surface area contributed by atoms with Crippen molar-refractivity contribution in [2.24, 2.45) is 11.5 Å². The van der Waals surface area contributed by atoms with Gasteiger partial charge >= 0.3 is 11.9 Å². The van der Waals surface area contributed by atoms with Crippen LogP contribution in [0.15, 0.2) is 48.5 Å². The van der Waals surface area contributed by atoms with Crippen LogP contribution < -0.4 is 11.5 Å². The van der Waals surface area contributed by atoms with Gasteiger partial charge in [0.1, 0.15) is 23.6 Å². The predicted octanol–water partition coefficient (Wildman–Crippen LogP) is 0.691. The molecule has 0 heterocycles. The number of aromatic hydroxyl groups is 2. The third-order valence-electron chi connectivity index (χ3n) is 3.42. The average Bonchev–Trinajstić information content (AvgIpc) is 2.59. The molecule has 148 valence electrons. The van der Waals surface area contributed by atoms with Crippen molar-refractivity contribution in [3.63, 3.8) is 0 Å². The number of nitrogens with two attached hydrogens (primary N) is 2. The summed E-state index contributed by atoms with van der Waals surface area (Å²) in [6.45, 7) is 0. The fraction of sp³-hybridized carbons (Fsp3) is 0.222. The molecular formula is C18H22FeN2O6. The van der Waals surface area contributed by atoms with Gasteiger partial charge in [0, 0.05) is 17.1 Å². The van der Waals surface area contributed by atoms with Gasteiger partial charge in [-0.05, 0) is 48.2 Å². The normalized spacial score (nSPS) is 11.9. The number of hydrogen-bond donors (Lipinski definition) is 6. The molecule has 2 aromatic carbocycles. The smallest absolute Gasteiger partial charge is 0.320 e. The Bertz CT molecular complexity index is 658. The molecule has 0 aromatic heterocycles. The Balaban J connectivity index is 0.000000483. The largest absolute Gasteiger partial charge is 0.508 e. The van der Waals surface area contributed by atoms with Gasteiger partial charge in [0.05, 0.1) is 0 Å². The first-order chi connectivity index (χ1) is 12.2. The van der Waals surface area contributed by atoms with E-state index < -0.39 is 24.0 Å². The molecule has 0 radical (unpaired) electrons. The van der Waals surface area contributed by atoms with E-state index in [-0.39, 0.29) is 41.4 Å². The number of rotatable bonds is 6. The summed E-state index contributed by atoms with van der Waals surface area (Å²) < 4.78 is 0. The Morgan fingerprint density at radius 2 is 0.963 bits per heavy atom. The van der Waals surface area contributed by atoms with Gasteiger partial charge in [0.2, 0.25) is 0 Å². The molecule has 27 heavy (non-hydrogen) atoms.